The summed E-state index contributed by atoms with van der Waals surface area (Å²) in [5.41, 5.74) is 4.80. The van der Waals surface area contributed by atoms with Crippen LogP contribution in [-0.2, 0) is 17.6 Å². The molecule has 0 aliphatic carbocycles. The average Bonchev–Trinajstić information content (AvgIpc) is 2.59. The summed E-state index contributed by atoms with van der Waals surface area (Å²) in [5.74, 6) is -1.25. The molecule has 0 radical (unpaired) electrons. The van der Waals surface area contributed by atoms with E-state index < -0.39 is 35.9 Å². The number of aliphatic carboxylic acids is 1. The molecule has 0 spiro atoms. The third-order valence-electron chi connectivity index (χ3n) is 4.27. The van der Waals surface area contributed by atoms with Crippen LogP contribution in [0.5, 0.6) is 0 Å². The topological polar surface area (TPSA) is 83.6 Å². The van der Waals surface area contributed by atoms with E-state index in [1.54, 1.807) is 12.1 Å². The Morgan fingerprint density at radius 3 is 2.22 bits per heavy atom. The van der Waals surface area contributed by atoms with Crippen molar-refractivity contribution in [2.24, 2.45) is 5.73 Å². The van der Waals surface area contributed by atoms with Gasteiger partial charge in [0.2, 0.25) is 0 Å². The Morgan fingerprint density at radius 2 is 1.74 bits per heavy atom. The van der Waals surface area contributed by atoms with Gasteiger partial charge in [-0.25, -0.2) is 0 Å². The molecular formula is C18H26F3NO3P2. The van der Waals surface area contributed by atoms with Gasteiger partial charge in [-0.2, -0.15) is 13.2 Å². The lowest BCUT2D eigenvalue weighted by atomic mass is 9.92. The molecule has 5 atom stereocenters. The van der Waals surface area contributed by atoms with E-state index >= 15 is 0 Å². The number of allylic oxidation sites excluding steroid dienone is 2. The van der Waals surface area contributed by atoms with Crippen molar-refractivity contribution in [2.45, 2.75) is 49.2 Å². The highest BCUT2D eigenvalue weighted by Crippen LogP contribution is 2.23. The van der Waals surface area contributed by atoms with Crippen LogP contribution in [0.15, 0.2) is 36.4 Å². The van der Waals surface area contributed by atoms with E-state index in [1.165, 1.54) is 12.1 Å². The van der Waals surface area contributed by atoms with Crippen LogP contribution in [-0.4, -0.2) is 45.8 Å². The molecule has 0 heterocycles. The van der Waals surface area contributed by atoms with Crippen molar-refractivity contribution >= 4 is 24.4 Å². The van der Waals surface area contributed by atoms with Crippen LogP contribution >= 0.6 is 18.5 Å². The molecular weight excluding hydrogens is 397 g/mol. The van der Waals surface area contributed by atoms with Gasteiger partial charge >= 0.3 is 12.1 Å². The summed E-state index contributed by atoms with van der Waals surface area (Å²) in [6, 6.07) is 6.34. The van der Waals surface area contributed by atoms with Crippen molar-refractivity contribution in [3.8, 4) is 0 Å². The van der Waals surface area contributed by atoms with Crippen LogP contribution in [0.25, 0.3) is 0 Å². The van der Waals surface area contributed by atoms with Crippen LogP contribution in [0, 0.1) is 0 Å². The molecule has 152 valence electrons. The molecule has 0 amide bonds. The number of aliphatic hydroxyl groups excluding tert-OH is 1. The van der Waals surface area contributed by atoms with E-state index in [1.807, 2.05) is 12.2 Å². The van der Waals surface area contributed by atoms with Crippen molar-refractivity contribution in [1.29, 1.82) is 0 Å². The summed E-state index contributed by atoms with van der Waals surface area (Å²) in [5, 5.41) is 19.4. The maximum absolute atomic E-state index is 12.3. The third kappa shape index (κ3) is 7.87. The van der Waals surface area contributed by atoms with Gasteiger partial charge in [0.15, 0.2) is 0 Å². The van der Waals surface area contributed by atoms with Crippen molar-refractivity contribution in [2.75, 3.05) is 6.16 Å². The van der Waals surface area contributed by atoms with Crippen LogP contribution in [0.2, 0.25) is 0 Å². The number of nitrogens with two attached hydrogens (primary N) is 1. The molecule has 27 heavy (non-hydrogen) atoms. The minimum atomic E-state index is -4.21. The van der Waals surface area contributed by atoms with Gasteiger partial charge < -0.3 is 15.9 Å². The highest BCUT2D eigenvalue weighted by molar-refractivity contribution is 7.18. The number of aliphatic hydroxyl groups is 1. The van der Waals surface area contributed by atoms with E-state index in [4.69, 9.17) is 5.73 Å². The van der Waals surface area contributed by atoms with Gasteiger partial charge in [0.25, 0.3) is 0 Å². The van der Waals surface area contributed by atoms with Gasteiger partial charge in [-0.1, -0.05) is 36.4 Å². The van der Waals surface area contributed by atoms with E-state index in [9.17, 15) is 28.2 Å². The zero-order chi connectivity index (χ0) is 20.7. The molecule has 9 heteroatoms. The second-order valence-electron chi connectivity index (χ2n) is 6.51. The van der Waals surface area contributed by atoms with Gasteiger partial charge in [0.1, 0.15) is 5.54 Å². The minimum absolute atomic E-state index is 0.0302. The highest BCUT2D eigenvalue weighted by Gasteiger charge is 2.42. The summed E-state index contributed by atoms with van der Waals surface area (Å²) >= 11 is 0. The second kappa shape index (κ2) is 10.5. The number of hydrogen-bond donors (Lipinski definition) is 3. The number of alkyl halides is 3. The smallest absolute Gasteiger partial charge is 0.393 e. The Morgan fingerprint density at radius 1 is 1.19 bits per heavy atom. The molecule has 0 aliphatic heterocycles. The lowest BCUT2D eigenvalue weighted by molar-refractivity contribution is -0.146. The number of carboxylic acid groups (broad SMARTS) is 1. The van der Waals surface area contributed by atoms with Crippen molar-refractivity contribution in [3.05, 3.63) is 47.5 Å². The normalized spacial score (nSPS) is 16.9. The zero-order valence-electron chi connectivity index (χ0n) is 14.8. The largest absolute Gasteiger partial charge is 0.480 e. The Hall–Kier alpha value is -1.00. The standard InChI is InChI=1S/C18H26F3NO3P2/c19-18(20,21)10-13-8-6-12(7-9-13)4-2-1-3-5-14(27)15(23)17(22,11-26)16(24)25/h1,3,6-9,14-15,23H,2,4-5,10-11,22,26-27H2,(H,24,25)/b3-1+. The SMILES string of the molecule is NC(CP)(C(=O)O)C(O)C(P)C/C=C/CCc1ccc(CC(F)(F)F)cc1. The zero-order valence-corrected chi connectivity index (χ0v) is 17.1. The monoisotopic (exact) mass is 423 g/mol. The lowest BCUT2D eigenvalue weighted by Gasteiger charge is -2.32. The van der Waals surface area contributed by atoms with Gasteiger partial charge in [-0.05, 0) is 36.6 Å². The van der Waals surface area contributed by atoms with Gasteiger partial charge in [0.05, 0.1) is 12.5 Å². The van der Waals surface area contributed by atoms with E-state index in [0.717, 1.165) is 5.56 Å². The molecule has 1 rings (SSSR count). The van der Waals surface area contributed by atoms with Crippen molar-refractivity contribution < 1.29 is 28.2 Å². The summed E-state index contributed by atoms with van der Waals surface area (Å²) in [4.78, 5) is 11.2. The second-order valence-corrected chi connectivity index (χ2v) is 7.78. The molecule has 0 saturated carbocycles. The Bertz CT molecular complexity index is 638. The first-order valence-corrected chi connectivity index (χ1v) is 9.93. The fourth-order valence-electron chi connectivity index (χ4n) is 2.52. The van der Waals surface area contributed by atoms with E-state index in [0.29, 0.717) is 19.3 Å². The molecule has 0 saturated heterocycles. The van der Waals surface area contributed by atoms with E-state index in [2.05, 4.69) is 18.5 Å². The minimum Gasteiger partial charge on any atom is -0.480 e. The lowest BCUT2D eigenvalue weighted by Crippen LogP contribution is -2.61. The van der Waals surface area contributed by atoms with Crippen LogP contribution in [0.3, 0.4) is 0 Å². The number of hydrogen-bond acceptors (Lipinski definition) is 3. The van der Waals surface area contributed by atoms with Gasteiger partial charge in [0, 0.05) is 5.66 Å². The molecule has 4 N–H and O–H groups in total. The van der Waals surface area contributed by atoms with E-state index in [-0.39, 0.29) is 11.7 Å². The molecule has 1 aromatic carbocycles. The number of rotatable bonds is 10. The van der Waals surface area contributed by atoms with Crippen LogP contribution in [0.1, 0.15) is 24.0 Å². The quantitative estimate of drug-likeness (QED) is 0.399. The molecule has 0 aliphatic rings. The fraction of sp³-hybridized carbons (Fsp3) is 0.500. The van der Waals surface area contributed by atoms with Gasteiger partial charge in [-0.15, -0.1) is 18.5 Å². The number of halogens is 3. The Balaban J connectivity index is 2.46. The molecule has 0 aromatic heterocycles. The molecule has 0 bridgehead atoms. The maximum Gasteiger partial charge on any atom is 0.393 e. The fourth-order valence-corrected chi connectivity index (χ4v) is 3.44. The average molecular weight is 423 g/mol. The predicted octanol–water partition coefficient (Wildman–Crippen LogP) is 2.93. The third-order valence-corrected chi connectivity index (χ3v) is 5.58. The summed E-state index contributed by atoms with van der Waals surface area (Å²) in [6.45, 7) is 0. The first kappa shape index (κ1) is 24.0. The highest BCUT2D eigenvalue weighted by atomic mass is 31.0. The maximum atomic E-state index is 12.3. The Kier molecular flexibility index (Phi) is 9.36. The predicted molar refractivity (Wildman–Crippen MR) is 107 cm³/mol. The Labute approximate surface area is 161 Å². The van der Waals surface area contributed by atoms with Crippen molar-refractivity contribution in [3.63, 3.8) is 0 Å². The number of benzene rings is 1. The molecule has 1 aromatic rings. The van der Waals surface area contributed by atoms with Crippen molar-refractivity contribution in [1.82, 2.24) is 0 Å². The molecule has 5 unspecified atom stereocenters. The number of carbonyl (C=O) groups is 1. The summed E-state index contributed by atoms with van der Waals surface area (Å²) in [6.07, 6.45) is -0.797. The number of carboxylic acids is 1. The summed E-state index contributed by atoms with van der Waals surface area (Å²) in [7, 11) is 4.66. The van der Waals surface area contributed by atoms with Crippen LogP contribution in [0.4, 0.5) is 13.2 Å². The summed E-state index contributed by atoms with van der Waals surface area (Å²) < 4.78 is 37.0. The van der Waals surface area contributed by atoms with Crippen LogP contribution < -0.4 is 5.73 Å². The first-order chi connectivity index (χ1) is 12.5. The molecule has 0 fully saturated rings. The first-order valence-electron chi connectivity index (χ1n) is 8.45. The van der Waals surface area contributed by atoms with Gasteiger partial charge in [-0.3, -0.25) is 4.79 Å². The molecule has 4 nitrogen and oxygen atoms in total. The number of aryl methyl sites for hydroxylation is 1.